The summed E-state index contributed by atoms with van der Waals surface area (Å²) in [4.78, 5) is 18.6. The third-order valence-corrected chi connectivity index (χ3v) is 8.25. The minimum Gasteiger partial charge on any atom is -0.497 e. The van der Waals surface area contributed by atoms with Gasteiger partial charge in [0.1, 0.15) is 17.2 Å². The lowest BCUT2D eigenvalue weighted by molar-refractivity contribution is -0.119. The molecule has 0 aliphatic carbocycles. The third-order valence-electron chi connectivity index (χ3n) is 5.04. The second kappa shape index (κ2) is 8.80. The van der Waals surface area contributed by atoms with E-state index in [1.54, 1.807) is 42.3 Å². The molecule has 0 N–H and O–H groups in total. The number of amides is 1. The van der Waals surface area contributed by atoms with Gasteiger partial charge in [0.15, 0.2) is 21.6 Å². The Kier molecular flexibility index (Phi) is 6.10. The minimum atomic E-state index is -3.18. The molecule has 2 aromatic carbocycles. The summed E-state index contributed by atoms with van der Waals surface area (Å²) in [6.07, 6.45) is 0. The Morgan fingerprint density at radius 2 is 1.87 bits per heavy atom. The molecule has 8 nitrogen and oxygen atoms in total. The lowest BCUT2D eigenvalue weighted by atomic mass is 10.2. The lowest BCUT2D eigenvalue weighted by Gasteiger charge is -2.26. The van der Waals surface area contributed by atoms with Crippen molar-refractivity contribution < 1.29 is 27.4 Å². The van der Waals surface area contributed by atoms with Crippen molar-refractivity contribution in [2.45, 2.75) is 11.3 Å². The van der Waals surface area contributed by atoms with Crippen molar-refractivity contribution >= 4 is 38.4 Å². The minimum absolute atomic E-state index is 0.0151. The van der Waals surface area contributed by atoms with Gasteiger partial charge in [0.2, 0.25) is 0 Å². The van der Waals surface area contributed by atoms with Crippen molar-refractivity contribution in [2.24, 2.45) is 4.99 Å². The van der Waals surface area contributed by atoms with Crippen LogP contribution in [0.5, 0.6) is 17.2 Å². The summed E-state index contributed by atoms with van der Waals surface area (Å²) < 4.78 is 40.9. The fraction of sp³-hybridized carbons (Fsp3) is 0.333. The van der Waals surface area contributed by atoms with E-state index in [-0.39, 0.29) is 29.4 Å². The number of carbonyl (C=O) groups is 1. The summed E-state index contributed by atoms with van der Waals surface area (Å²) in [5.74, 6) is 1.26. The molecule has 1 amide bonds. The van der Waals surface area contributed by atoms with Crippen molar-refractivity contribution in [3.63, 3.8) is 0 Å². The van der Waals surface area contributed by atoms with Gasteiger partial charge in [-0.15, -0.1) is 0 Å². The summed E-state index contributed by atoms with van der Waals surface area (Å²) in [5.41, 5.74) is 0.606. The standard InChI is InChI=1S/C21H22N2O6S2/c1-27-15-8-9-18(28-2)16(10-15)23-17-12-31(25,26)13-19(17)30-21(23)22-20(24)11-29-14-6-4-3-5-7-14/h3-10,17,19H,11-13H2,1-2H3/t17-,19-/m0/s1. The van der Waals surface area contributed by atoms with E-state index in [2.05, 4.69) is 4.99 Å². The summed E-state index contributed by atoms with van der Waals surface area (Å²) in [6.45, 7) is -0.217. The molecule has 2 aliphatic heterocycles. The molecule has 31 heavy (non-hydrogen) atoms. The molecular weight excluding hydrogens is 440 g/mol. The molecule has 4 rings (SSSR count). The summed E-state index contributed by atoms with van der Waals surface area (Å²) >= 11 is 1.29. The van der Waals surface area contributed by atoms with E-state index in [0.29, 0.717) is 28.1 Å². The number of methoxy groups -OCH3 is 2. The first-order valence-corrected chi connectivity index (χ1v) is 12.3. The molecule has 2 atom stereocenters. The topological polar surface area (TPSA) is 94.5 Å². The average Bonchev–Trinajstić information content (AvgIpc) is 3.23. The van der Waals surface area contributed by atoms with E-state index in [1.165, 1.54) is 18.9 Å². The predicted octanol–water partition coefficient (Wildman–Crippen LogP) is 2.38. The normalized spacial score (nSPS) is 22.9. The summed E-state index contributed by atoms with van der Waals surface area (Å²) in [6, 6.07) is 13.9. The van der Waals surface area contributed by atoms with Gasteiger partial charge in [0, 0.05) is 11.3 Å². The van der Waals surface area contributed by atoms with Crippen LogP contribution in [0.2, 0.25) is 0 Å². The van der Waals surface area contributed by atoms with Crippen molar-refractivity contribution in [2.75, 3.05) is 37.2 Å². The zero-order valence-corrected chi connectivity index (χ0v) is 18.7. The zero-order chi connectivity index (χ0) is 22.0. The third kappa shape index (κ3) is 4.64. The smallest absolute Gasteiger partial charge is 0.285 e. The first kappa shape index (κ1) is 21.5. The predicted molar refractivity (Wildman–Crippen MR) is 120 cm³/mol. The van der Waals surface area contributed by atoms with Gasteiger partial charge < -0.3 is 19.1 Å². The Balaban J connectivity index is 1.65. The highest BCUT2D eigenvalue weighted by Crippen LogP contribution is 2.44. The Labute approximate surface area is 185 Å². The number of fused-ring (bicyclic) bond motifs is 1. The zero-order valence-electron chi connectivity index (χ0n) is 17.1. The van der Waals surface area contributed by atoms with Crippen molar-refractivity contribution in [3.8, 4) is 17.2 Å². The molecule has 164 valence electrons. The van der Waals surface area contributed by atoms with Crippen LogP contribution in [0, 0.1) is 0 Å². The van der Waals surface area contributed by atoms with Crippen LogP contribution in [0.1, 0.15) is 0 Å². The first-order chi connectivity index (χ1) is 14.9. The van der Waals surface area contributed by atoms with Crippen LogP contribution in [0.3, 0.4) is 0 Å². The highest BCUT2D eigenvalue weighted by molar-refractivity contribution is 8.16. The fourth-order valence-electron chi connectivity index (χ4n) is 3.63. The number of anilines is 1. The Hall–Kier alpha value is -2.72. The highest BCUT2D eigenvalue weighted by atomic mass is 32.2. The number of carbonyl (C=O) groups excluding carboxylic acids is 1. The van der Waals surface area contributed by atoms with Gasteiger partial charge in [-0.25, -0.2) is 8.42 Å². The Bertz CT molecular complexity index is 1100. The number of hydrogen-bond donors (Lipinski definition) is 0. The maximum absolute atomic E-state index is 12.5. The molecule has 2 fully saturated rings. The number of aliphatic imine (C=N–C) groups is 1. The Morgan fingerprint density at radius 3 is 2.58 bits per heavy atom. The monoisotopic (exact) mass is 462 g/mol. The average molecular weight is 463 g/mol. The number of benzene rings is 2. The van der Waals surface area contributed by atoms with Crippen molar-refractivity contribution in [3.05, 3.63) is 48.5 Å². The lowest BCUT2D eigenvalue weighted by Crippen LogP contribution is -2.38. The largest absolute Gasteiger partial charge is 0.497 e. The van der Waals surface area contributed by atoms with E-state index in [1.807, 2.05) is 18.2 Å². The Morgan fingerprint density at radius 1 is 1.10 bits per heavy atom. The van der Waals surface area contributed by atoms with Crippen LogP contribution in [0.4, 0.5) is 5.69 Å². The SMILES string of the molecule is COc1ccc(OC)c(N2C(=NC(=O)COc3ccccc3)S[C@H]3CS(=O)(=O)C[C@@H]32)c1. The second-order valence-corrected chi connectivity index (χ2v) is 10.5. The van der Waals surface area contributed by atoms with Crippen LogP contribution in [0.15, 0.2) is 53.5 Å². The molecule has 10 heteroatoms. The molecule has 0 bridgehead atoms. The molecular formula is C21H22N2O6S2. The molecule has 0 spiro atoms. The van der Waals surface area contributed by atoms with Gasteiger partial charge in [0.25, 0.3) is 5.91 Å². The van der Waals surface area contributed by atoms with E-state index >= 15 is 0 Å². The maximum atomic E-state index is 12.5. The molecule has 2 aliphatic rings. The van der Waals surface area contributed by atoms with Gasteiger partial charge in [-0.05, 0) is 24.3 Å². The second-order valence-electron chi connectivity index (χ2n) is 7.10. The van der Waals surface area contributed by atoms with Crippen LogP contribution >= 0.6 is 11.8 Å². The van der Waals surface area contributed by atoms with E-state index in [0.717, 1.165) is 0 Å². The van der Waals surface area contributed by atoms with Crippen LogP contribution in [0.25, 0.3) is 0 Å². The molecule has 0 radical (unpaired) electrons. The van der Waals surface area contributed by atoms with Gasteiger partial charge >= 0.3 is 0 Å². The van der Waals surface area contributed by atoms with Crippen LogP contribution in [-0.2, 0) is 14.6 Å². The number of thioether (sulfide) groups is 1. The number of ether oxygens (including phenoxy) is 3. The quantitative estimate of drug-likeness (QED) is 0.646. The molecule has 2 heterocycles. The van der Waals surface area contributed by atoms with Gasteiger partial charge in [-0.3, -0.25) is 4.79 Å². The number of sulfone groups is 1. The molecule has 0 unspecified atom stereocenters. The van der Waals surface area contributed by atoms with Gasteiger partial charge in [0.05, 0.1) is 37.5 Å². The van der Waals surface area contributed by atoms with E-state index < -0.39 is 15.7 Å². The molecule has 2 saturated heterocycles. The van der Waals surface area contributed by atoms with Crippen molar-refractivity contribution in [1.29, 1.82) is 0 Å². The van der Waals surface area contributed by atoms with Crippen LogP contribution < -0.4 is 19.1 Å². The summed E-state index contributed by atoms with van der Waals surface area (Å²) in [5, 5.41) is 0.209. The first-order valence-electron chi connectivity index (χ1n) is 9.58. The van der Waals surface area contributed by atoms with E-state index in [9.17, 15) is 13.2 Å². The number of rotatable bonds is 6. The van der Waals surface area contributed by atoms with Gasteiger partial charge in [-0.1, -0.05) is 30.0 Å². The van der Waals surface area contributed by atoms with Crippen LogP contribution in [-0.4, -0.2) is 63.1 Å². The number of hydrogen-bond acceptors (Lipinski definition) is 7. The molecule has 0 aromatic heterocycles. The van der Waals surface area contributed by atoms with Gasteiger partial charge in [-0.2, -0.15) is 4.99 Å². The van der Waals surface area contributed by atoms with Crippen molar-refractivity contribution in [1.82, 2.24) is 0 Å². The molecule has 2 aromatic rings. The van der Waals surface area contributed by atoms with E-state index in [4.69, 9.17) is 14.2 Å². The summed E-state index contributed by atoms with van der Waals surface area (Å²) in [7, 11) is -0.0960. The highest BCUT2D eigenvalue weighted by Gasteiger charge is 2.50. The number of para-hydroxylation sites is 1. The molecule has 0 saturated carbocycles. The number of nitrogens with zero attached hydrogens (tertiary/aromatic N) is 2. The fourth-order valence-corrected chi connectivity index (χ4v) is 7.56. The maximum Gasteiger partial charge on any atom is 0.285 e. The number of amidine groups is 1.